The van der Waals surface area contributed by atoms with Gasteiger partial charge in [-0.25, -0.2) is 0 Å². The van der Waals surface area contributed by atoms with Crippen molar-refractivity contribution in [2.75, 3.05) is 52.9 Å². The average Bonchev–Trinajstić information content (AvgIpc) is 3.40. The van der Waals surface area contributed by atoms with Crippen LogP contribution in [0.3, 0.4) is 0 Å². The molecule has 0 aromatic rings. The van der Waals surface area contributed by atoms with E-state index in [0.717, 1.165) is 154 Å². The van der Waals surface area contributed by atoms with Crippen LogP contribution in [0.15, 0.2) is 0 Å². The molecule has 8 nitrogen and oxygen atoms in total. The van der Waals surface area contributed by atoms with Gasteiger partial charge in [0, 0.05) is 0 Å². The first-order chi connectivity index (χ1) is 35.7. The van der Waals surface area contributed by atoms with Crippen LogP contribution in [0.2, 0.25) is 0 Å². The number of unbranched alkanes of at least 4 members (excludes halogenated alkanes) is 40. The van der Waals surface area contributed by atoms with E-state index in [9.17, 15) is 0 Å². The van der Waals surface area contributed by atoms with E-state index in [1.807, 2.05) is 0 Å². The van der Waals surface area contributed by atoms with E-state index in [2.05, 4.69) is 55.4 Å². The summed E-state index contributed by atoms with van der Waals surface area (Å²) in [5.74, 6) is 0. The second-order valence-corrected chi connectivity index (χ2v) is 45.4. The van der Waals surface area contributed by atoms with E-state index in [1.54, 1.807) is 0 Å². The Morgan fingerprint density at radius 1 is 0.137 bits per heavy atom. The third-order valence-electron chi connectivity index (χ3n) is 17.8. The summed E-state index contributed by atoms with van der Waals surface area (Å²) in [4.78, 5) is 0. The van der Waals surface area contributed by atoms with Gasteiger partial charge in [0.1, 0.15) is 0 Å². The van der Waals surface area contributed by atoms with Crippen molar-refractivity contribution in [1.82, 2.24) is 0 Å². The molecule has 0 N–H and O–H groups in total. The molecule has 0 fully saturated rings. The molecule has 0 aromatic heterocycles. The molecule has 0 radical (unpaired) electrons. The Kier molecular flexibility index (Phi) is 43.3. The normalized spacial score (nSPS) is 14.4. The van der Waals surface area contributed by atoms with E-state index in [1.165, 1.54) is 154 Å². The minimum absolute atomic E-state index is 0.239. The fraction of sp³-hybridized carbons (Fsp3) is 1.00. The van der Waals surface area contributed by atoms with Crippen molar-refractivity contribution in [2.45, 2.75) is 364 Å². The van der Waals surface area contributed by atoms with Crippen LogP contribution in [0.1, 0.15) is 364 Å². The van der Waals surface area contributed by atoms with E-state index in [-0.39, 0.29) is 52.9 Å². The molecule has 0 amide bonds. The van der Waals surface area contributed by atoms with Crippen molar-refractivity contribution in [3.05, 3.63) is 0 Å². The summed E-state index contributed by atoms with van der Waals surface area (Å²) in [5.41, 5.74) is 0. The van der Waals surface area contributed by atoms with Crippen LogP contribution in [0, 0.1) is 0 Å². The SMILES string of the molecule is CCCCCCCC[O][Zn]([O]CCCCCCCC)([O]CCCCCCCC)([O]CCCCCCCC)([O]CCCCCCCC)([O]CCCCCCCC)([O]CCCCCCCC)[O]CCCCCCCC. The van der Waals surface area contributed by atoms with Gasteiger partial charge in [0.25, 0.3) is 0 Å². The van der Waals surface area contributed by atoms with E-state index in [4.69, 9.17) is 28.5 Å². The zero-order valence-corrected chi connectivity index (χ0v) is 54.5. The fourth-order valence-electron chi connectivity index (χ4n) is 12.8. The van der Waals surface area contributed by atoms with Crippen molar-refractivity contribution in [1.29, 1.82) is 0 Å². The molecular weight excluding hydrogens is 962 g/mol. The quantitative estimate of drug-likeness (QED) is 0.0441. The van der Waals surface area contributed by atoms with E-state index in [0.29, 0.717) is 0 Å². The molecule has 9 heteroatoms. The molecule has 0 aliphatic carbocycles. The van der Waals surface area contributed by atoms with Crippen LogP contribution in [0.25, 0.3) is 0 Å². The Labute approximate surface area is 455 Å². The van der Waals surface area contributed by atoms with Crippen LogP contribution in [0.4, 0.5) is 0 Å². The van der Waals surface area contributed by atoms with Crippen LogP contribution in [-0.2, 0) is 41.5 Å². The predicted molar refractivity (Wildman–Crippen MR) is 315 cm³/mol. The van der Waals surface area contributed by atoms with Gasteiger partial charge in [-0.2, -0.15) is 0 Å². The van der Waals surface area contributed by atoms with Crippen molar-refractivity contribution < 1.29 is 41.5 Å². The monoisotopic (exact) mass is 1100 g/mol. The molecule has 0 saturated heterocycles. The van der Waals surface area contributed by atoms with Crippen molar-refractivity contribution in [2.24, 2.45) is 0 Å². The summed E-state index contributed by atoms with van der Waals surface area (Å²) in [6.07, 6.45) is 52.5. The molecule has 0 aliphatic rings. The van der Waals surface area contributed by atoms with Crippen LogP contribution < -0.4 is 0 Å². The second-order valence-electron chi connectivity index (χ2n) is 24.7. The molecular formula is C64H136O8Zn. The summed E-state index contributed by atoms with van der Waals surface area (Å²) in [5, 5.41) is 0. The first-order valence-corrected chi connectivity index (χ1v) is 44.0. The average molecular weight is 1100 g/mol. The molecule has 0 bridgehead atoms. The van der Waals surface area contributed by atoms with Crippen molar-refractivity contribution in [3.63, 3.8) is 0 Å². The van der Waals surface area contributed by atoms with E-state index < -0.39 is 13.0 Å². The van der Waals surface area contributed by atoms with Gasteiger partial charge in [0.2, 0.25) is 0 Å². The number of rotatable bonds is 64. The third kappa shape index (κ3) is 28.3. The van der Waals surface area contributed by atoms with Gasteiger partial charge in [-0.1, -0.05) is 0 Å². The second kappa shape index (κ2) is 43.1. The van der Waals surface area contributed by atoms with Crippen molar-refractivity contribution in [3.8, 4) is 0 Å². The van der Waals surface area contributed by atoms with Gasteiger partial charge < -0.3 is 0 Å². The zero-order valence-electron chi connectivity index (χ0n) is 51.6. The molecule has 0 atom stereocenters. The van der Waals surface area contributed by atoms with Gasteiger partial charge in [-0.3, -0.25) is 0 Å². The van der Waals surface area contributed by atoms with Crippen molar-refractivity contribution >= 4 is 0 Å². The van der Waals surface area contributed by atoms with Crippen LogP contribution in [0.5, 0.6) is 0 Å². The maximum atomic E-state index is 8.13. The van der Waals surface area contributed by atoms with Gasteiger partial charge in [0.15, 0.2) is 0 Å². The third-order valence-corrected chi connectivity index (χ3v) is 42.2. The molecule has 0 spiro atoms. The van der Waals surface area contributed by atoms with Gasteiger partial charge in [0.05, 0.1) is 0 Å². The molecule has 0 aliphatic heterocycles. The molecule has 0 heterocycles. The van der Waals surface area contributed by atoms with Crippen LogP contribution in [-0.4, -0.2) is 52.9 Å². The summed E-state index contributed by atoms with van der Waals surface area (Å²) >= 11 is -9.63. The fourth-order valence-corrected chi connectivity index (χ4v) is 37.0. The standard InChI is InChI=1S/8C8H17O.Zn/c8*1-2-3-4-5-6-7-8-9;/h8*2-8H2,1H3;/q8*-1;+8. The Balaban J connectivity index is 8.85. The summed E-state index contributed by atoms with van der Waals surface area (Å²) < 4.78 is 65.0. The summed E-state index contributed by atoms with van der Waals surface area (Å²) in [6.45, 7) is 20.2. The van der Waals surface area contributed by atoms with Gasteiger partial charge in [-0.15, -0.1) is 0 Å². The number of hydrogen-bond acceptors (Lipinski definition) is 8. The maximum absolute atomic E-state index is 9.63. The predicted octanol–water partition coefficient (Wildman–Crippen LogP) is 22.6. The topological polar surface area (TPSA) is 73.8 Å². The van der Waals surface area contributed by atoms with E-state index >= 15 is 0 Å². The first kappa shape index (κ1) is 73.3. The first-order valence-electron chi connectivity index (χ1n) is 34.3. The zero-order chi connectivity index (χ0) is 53.6. The Morgan fingerprint density at radius 2 is 0.233 bits per heavy atom. The Morgan fingerprint density at radius 3 is 0.342 bits per heavy atom. The molecule has 0 unspecified atom stereocenters. The van der Waals surface area contributed by atoms with Gasteiger partial charge >= 0.3 is 458 Å². The molecule has 0 saturated carbocycles. The molecule has 0 rings (SSSR count). The summed E-state index contributed by atoms with van der Waals surface area (Å²) in [6, 6.07) is 0. The van der Waals surface area contributed by atoms with Gasteiger partial charge in [-0.05, 0) is 0 Å². The molecule has 0 aromatic carbocycles. The summed E-state index contributed by atoms with van der Waals surface area (Å²) in [7, 11) is 0. The Hall–Kier alpha value is 0.303. The number of hydrogen-bond donors (Lipinski definition) is 0. The Bertz CT molecular complexity index is 918. The van der Waals surface area contributed by atoms with Crippen LogP contribution >= 0.6 is 0 Å². The minimum atomic E-state index is -9.63. The molecule has 442 valence electrons. The molecule has 73 heavy (non-hydrogen) atoms.